The van der Waals surface area contributed by atoms with E-state index in [2.05, 4.69) is 56.1 Å². The van der Waals surface area contributed by atoms with E-state index in [-0.39, 0.29) is 4.28 Å². The van der Waals surface area contributed by atoms with Gasteiger partial charge in [0, 0.05) is 46.6 Å². The summed E-state index contributed by atoms with van der Waals surface area (Å²) in [6.07, 6.45) is 6.33. The van der Waals surface area contributed by atoms with Crippen molar-refractivity contribution in [3.05, 3.63) is 58.7 Å². The van der Waals surface area contributed by atoms with Gasteiger partial charge in [0.1, 0.15) is 0 Å². The van der Waals surface area contributed by atoms with Crippen molar-refractivity contribution >= 4 is 17.6 Å². The predicted molar refractivity (Wildman–Crippen MR) is 134 cm³/mol. The van der Waals surface area contributed by atoms with Crippen molar-refractivity contribution < 1.29 is 4.28 Å². The first-order valence-electron chi connectivity index (χ1n) is 10.9. The molecule has 0 radical (unpaired) electrons. The molecule has 1 aliphatic rings. The van der Waals surface area contributed by atoms with Crippen LogP contribution in [-0.2, 0) is 6.54 Å². The Bertz CT molecular complexity index is 797. The van der Waals surface area contributed by atoms with Gasteiger partial charge in [-0.05, 0) is 68.1 Å². The van der Waals surface area contributed by atoms with Crippen LogP contribution in [0, 0.1) is 19.3 Å². The standard InChI is InChI=1S/C21H28N4.C4H10.3H2/c1-15-5-6-17(10-16(15)2)13-25-9-3-4-20(14-25)24-19-7-8-21(23)18(11-19)12-22;1-3-4-2;;;/h5-8,10-12,20,22,24H,3-4,9,13-14,23H2,1-2H3;3-4H2,1-2H3;3*1H. The fourth-order valence-corrected chi connectivity index (χ4v) is 3.50. The third-order valence-corrected chi connectivity index (χ3v) is 5.60. The molecular formula is C25H44N4. The van der Waals surface area contributed by atoms with Gasteiger partial charge in [0.25, 0.3) is 0 Å². The average molecular weight is 401 g/mol. The fraction of sp³-hybridized carbons (Fsp3) is 0.480. The van der Waals surface area contributed by atoms with E-state index < -0.39 is 0 Å². The molecule has 0 spiro atoms. The number of nitrogens with zero attached hydrogens (tertiary/aromatic N) is 1. The second-order valence-electron chi connectivity index (χ2n) is 8.13. The zero-order valence-electron chi connectivity index (χ0n) is 18.6. The van der Waals surface area contributed by atoms with Crippen molar-refractivity contribution in [2.75, 3.05) is 24.1 Å². The highest BCUT2D eigenvalue weighted by Gasteiger charge is 2.20. The number of nitrogens with one attached hydrogen (secondary N) is 2. The Kier molecular flexibility index (Phi) is 9.20. The maximum absolute atomic E-state index is 7.45. The number of nitrogens with two attached hydrogens (primary N) is 1. The lowest BCUT2D eigenvalue weighted by Gasteiger charge is -2.34. The van der Waals surface area contributed by atoms with Crippen molar-refractivity contribution in [3.63, 3.8) is 0 Å². The first-order chi connectivity index (χ1) is 14.0. The minimum absolute atomic E-state index is 0. The van der Waals surface area contributed by atoms with E-state index in [1.165, 1.54) is 48.6 Å². The Labute approximate surface area is 181 Å². The number of benzene rings is 2. The van der Waals surface area contributed by atoms with Crippen molar-refractivity contribution in [1.29, 1.82) is 5.41 Å². The van der Waals surface area contributed by atoms with Crippen LogP contribution in [0.2, 0.25) is 0 Å². The van der Waals surface area contributed by atoms with Gasteiger partial charge in [-0.1, -0.05) is 44.9 Å². The number of anilines is 2. The number of unbranched alkanes of at least 4 members (excludes halogenated alkanes) is 1. The van der Waals surface area contributed by atoms with Crippen molar-refractivity contribution in [2.24, 2.45) is 0 Å². The highest BCUT2D eigenvalue weighted by Crippen LogP contribution is 2.21. The lowest BCUT2D eigenvalue weighted by Crippen LogP contribution is -2.41. The van der Waals surface area contributed by atoms with E-state index >= 15 is 0 Å². The third kappa shape index (κ3) is 7.21. The van der Waals surface area contributed by atoms with Crippen LogP contribution in [0.15, 0.2) is 36.4 Å². The van der Waals surface area contributed by atoms with Gasteiger partial charge in [-0.25, -0.2) is 0 Å². The molecule has 1 unspecified atom stereocenters. The van der Waals surface area contributed by atoms with E-state index in [4.69, 9.17) is 11.1 Å². The lowest BCUT2D eigenvalue weighted by atomic mass is 10.0. The maximum atomic E-state index is 7.45. The molecule has 1 fully saturated rings. The summed E-state index contributed by atoms with van der Waals surface area (Å²) in [4.78, 5) is 2.53. The van der Waals surface area contributed by atoms with Gasteiger partial charge in [-0.3, -0.25) is 4.90 Å². The van der Waals surface area contributed by atoms with E-state index in [1.807, 2.05) is 18.2 Å². The molecule has 2 aromatic carbocycles. The van der Waals surface area contributed by atoms with Crippen LogP contribution in [0.3, 0.4) is 0 Å². The van der Waals surface area contributed by atoms with Crippen LogP contribution >= 0.6 is 0 Å². The molecule has 0 aromatic heterocycles. The van der Waals surface area contributed by atoms with E-state index in [0.717, 1.165) is 30.9 Å². The predicted octanol–water partition coefficient (Wildman–Crippen LogP) is 6.50. The Morgan fingerprint density at radius 1 is 1.14 bits per heavy atom. The van der Waals surface area contributed by atoms with Crippen LogP contribution < -0.4 is 11.1 Å². The zero-order chi connectivity index (χ0) is 21.2. The summed E-state index contributed by atoms with van der Waals surface area (Å²) in [5.74, 6) is 0. The zero-order valence-corrected chi connectivity index (χ0v) is 18.6. The van der Waals surface area contributed by atoms with Gasteiger partial charge in [0.05, 0.1) is 0 Å². The Hall–Kier alpha value is -2.33. The second-order valence-corrected chi connectivity index (χ2v) is 8.13. The van der Waals surface area contributed by atoms with Gasteiger partial charge in [0.15, 0.2) is 0 Å². The molecule has 0 saturated carbocycles. The summed E-state index contributed by atoms with van der Waals surface area (Å²) in [5.41, 5.74) is 12.5. The topological polar surface area (TPSA) is 65.1 Å². The molecule has 4 N–H and O–H groups in total. The van der Waals surface area contributed by atoms with Crippen LogP contribution in [0.25, 0.3) is 0 Å². The molecule has 4 nitrogen and oxygen atoms in total. The lowest BCUT2D eigenvalue weighted by molar-refractivity contribution is 0.208. The van der Waals surface area contributed by atoms with Crippen molar-refractivity contribution in [3.8, 4) is 0 Å². The number of likely N-dealkylation sites (tertiary alicyclic amines) is 1. The molecule has 1 atom stereocenters. The quantitative estimate of drug-likeness (QED) is 0.383. The molecule has 1 saturated heterocycles. The number of nitrogen functional groups attached to an aromatic ring is 1. The Morgan fingerprint density at radius 3 is 2.55 bits per heavy atom. The molecule has 164 valence electrons. The molecular weight excluding hydrogens is 356 g/mol. The molecule has 2 aromatic rings. The Balaban J connectivity index is 0. The fourth-order valence-electron chi connectivity index (χ4n) is 3.50. The molecule has 4 heteroatoms. The molecule has 1 heterocycles. The summed E-state index contributed by atoms with van der Waals surface area (Å²) in [6.45, 7) is 11.9. The van der Waals surface area contributed by atoms with Gasteiger partial charge in [-0.15, -0.1) is 0 Å². The van der Waals surface area contributed by atoms with Crippen LogP contribution in [0.4, 0.5) is 11.4 Å². The molecule has 3 rings (SSSR count). The molecule has 0 aliphatic carbocycles. The number of rotatable bonds is 6. The summed E-state index contributed by atoms with van der Waals surface area (Å²) in [7, 11) is 0. The van der Waals surface area contributed by atoms with Crippen LogP contribution in [-0.4, -0.2) is 30.2 Å². The highest BCUT2D eigenvalue weighted by atomic mass is 15.2. The maximum Gasteiger partial charge on any atom is 0.0404 e. The van der Waals surface area contributed by atoms with Gasteiger partial charge in [0.2, 0.25) is 0 Å². The number of hydrogen-bond acceptors (Lipinski definition) is 4. The van der Waals surface area contributed by atoms with Gasteiger partial charge < -0.3 is 16.5 Å². The summed E-state index contributed by atoms with van der Waals surface area (Å²) >= 11 is 0. The largest absolute Gasteiger partial charge is 0.398 e. The minimum Gasteiger partial charge on any atom is -0.398 e. The van der Waals surface area contributed by atoms with E-state index in [0.29, 0.717) is 11.7 Å². The SMILES string of the molecule is CCCC.Cc1ccc(CN2CCCC(Nc3ccc(N)c(C=N)c3)C2)cc1C.[HH].[HH].[HH]. The first kappa shape index (κ1) is 23.0. The molecule has 0 amide bonds. The monoisotopic (exact) mass is 400 g/mol. The first-order valence-corrected chi connectivity index (χ1v) is 10.9. The summed E-state index contributed by atoms with van der Waals surface area (Å²) in [6, 6.07) is 13.0. The number of aryl methyl sites for hydroxylation is 2. The molecule has 0 bridgehead atoms. The van der Waals surface area contributed by atoms with Crippen LogP contribution in [0.1, 0.15) is 66.1 Å². The smallest absolute Gasteiger partial charge is 0.0404 e. The number of piperidine rings is 1. The van der Waals surface area contributed by atoms with E-state index in [1.54, 1.807) is 0 Å². The Morgan fingerprint density at radius 2 is 1.90 bits per heavy atom. The van der Waals surface area contributed by atoms with Crippen molar-refractivity contribution in [1.82, 2.24) is 4.90 Å². The summed E-state index contributed by atoms with van der Waals surface area (Å²) < 4.78 is 0. The second kappa shape index (κ2) is 11.6. The van der Waals surface area contributed by atoms with E-state index in [9.17, 15) is 0 Å². The highest BCUT2D eigenvalue weighted by molar-refractivity contribution is 5.86. The minimum atomic E-state index is 0. The van der Waals surface area contributed by atoms with Gasteiger partial charge >= 0.3 is 0 Å². The molecule has 1 aliphatic heterocycles. The summed E-state index contributed by atoms with van der Waals surface area (Å²) in [5, 5.41) is 11.1. The van der Waals surface area contributed by atoms with Crippen LogP contribution in [0.5, 0.6) is 0 Å². The normalized spacial score (nSPS) is 16.6. The van der Waals surface area contributed by atoms with Gasteiger partial charge in [-0.2, -0.15) is 0 Å². The third-order valence-electron chi connectivity index (χ3n) is 5.60. The van der Waals surface area contributed by atoms with Crippen molar-refractivity contribution in [2.45, 2.75) is 66.0 Å². The molecule has 29 heavy (non-hydrogen) atoms. The average Bonchev–Trinajstić information content (AvgIpc) is 2.72. The number of hydrogen-bond donors (Lipinski definition) is 3.